The third-order valence-corrected chi connectivity index (χ3v) is 4.87. The molecule has 0 bridgehead atoms. The van der Waals surface area contributed by atoms with Gasteiger partial charge in [0, 0.05) is 18.0 Å². The SMILES string of the molecule is Cc1cccc(N=Cc2c(C)c(C=Nc3cccc(C)c3)n3ccccc23)c1. The summed E-state index contributed by atoms with van der Waals surface area (Å²) < 4.78 is 2.17. The fourth-order valence-electron chi connectivity index (χ4n) is 3.40. The summed E-state index contributed by atoms with van der Waals surface area (Å²) in [5.74, 6) is 0. The Hall–Kier alpha value is -3.46. The van der Waals surface area contributed by atoms with Crippen LogP contribution in [-0.2, 0) is 0 Å². The van der Waals surface area contributed by atoms with Crippen LogP contribution in [0, 0.1) is 20.8 Å². The molecule has 4 rings (SSSR count). The number of aromatic nitrogens is 1. The largest absolute Gasteiger partial charge is 0.315 e. The quantitative estimate of drug-likeness (QED) is 0.376. The van der Waals surface area contributed by atoms with E-state index < -0.39 is 0 Å². The fraction of sp³-hybridized carbons (Fsp3) is 0.120. The molecule has 0 atom stereocenters. The molecule has 4 aromatic rings. The average molecular weight is 365 g/mol. The van der Waals surface area contributed by atoms with Gasteiger partial charge in [0.25, 0.3) is 0 Å². The molecule has 138 valence electrons. The van der Waals surface area contributed by atoms with E-state index in [2.05, 4.69) is 67.8 Å². The number of rotatable bonds is 4. The lowest BCUT2D eigenvalue weighted by Gasteiger charge is -1.99. The molecule has 0 aliphatic rings. The minimum atomic E-state index is 0.959. The number of aryl methyl sites for hydroxylation is 2. The van der Waals surface area contributed by atoms with Crippen molar-refractivity contribution in [2.24, 2.45) is 9.98 Å². The number of hydrogen-bond acceptors (Lipinski definition) is 2. The first-order chi connectivity index (χ1) is 13.6. The standard InChI is InChI=1S/C25H23N3/c1-18-8-6-10-21(14-18)26-16-23-20(3)25(28-13-5-4-12-24(23)28)17-27-22-11-7-9-19(2)15-22/h4-17H,1-3H3. The number of fused-ring (bicyclic) bond motifs is 1. The highest BCUT2D eigenvalue weighted by Crippen LogP contribution is 2.23. The Morgan fingerprint density at radius 1 is 0.714 bits per heavy atom. The molecule has 0 aliphatic heterocycles. The Labute approximate surface area is 165 Å². The van der Waals surface area contributed by atoms with E-state index in [9.17, 15) is 0 Å². The van der Waals surface area contributed by atoms with Gasteiger partial charge in [-0.15, -0.1) is 0 Å². The summed E-state index contributed by atoms with van der Waals surface area (Å²) >= 11 is 0. The van der Waals surface area contributed by atoms with Crippen LogP contribution in [0.1, 0.15) is 27.9 Å². The van der Waals surface area contributed by atoms with E-state index >= 15 is 0 Å². The van der Waals surface area contributed by atoms with Crippen LogP contribution in [0.5, 0.6) is 0 Å². The molecule has 2 aromatic carbocycles. The lowest BCUT2D eigenvalue weighted by Crippen LogP contribution is -1.91. The number of hydrogen-bond donors (Lipinski definition) is 0. The van der Waals surface area contributed by atoms with Crippen molar-refractivity contribution < 1.29 is 0 Å². The van der Waals surface area contributed by atoms with Crippen LogP contribution < -0.4 is 0 Å². The second kappa shape index (κ2) is 7.65. The molecular formula is C25H23N3. The van der Waals surface area contributed by atoms with Crippen molar-refractivity contribution in [2.45, 2.75) is 20.8 Å². The second-order valence-corrected chi connectivity index (χ2v) is 7.07. The van der Waals surface area contributed by atoms with Crippen LogP contribution in [0.4, 0.5) is 11.4 Å². The van der Waals surface area contributed by atoms with E-state index in [0.717, 1.165) is 28.1 Å². The van der Waals surface area contributed by atoms with E-state index in [1.54, 1.807) is 0 Å². The van der Waals surface area contributed by atoms with Crippen molar-refractivity contribution in [2.75, 3.05) is 0 Å². The Morgan fingerprint density at radius 3 is 2.00 bits per heavy atom. The minimum absolute atomic E-state index is 0.959. The van der Waals surface area contributed by atoms with Crippen molar-refractivity contribution in [1.82, 2.24) is 4.40 Å². The Bertz CT molecular complexity index is 1100. The van der Waals surface area contributed by atoms with Crippen LogP contribution >= 0.6 is 0 Å². The van der Waals surface area contributed by atoms with Crippen LogP contribution in [0.15, 0.2) is 82.9 Å². The molecule has 3 heteroatoms. The molecule has 2 heterocycles. The molecule has 0 unspecified atom stereocenters. The zero-order valence-corrected chi connectivity index (χ0v) is 16.4. The lowest BCUT2D eigenvalue weighted by molar-refractivity contribution is 1.17. The van der Waals surface area contributed by atoms with E-state index in [1.165, 1.54) is 16.7 Å². The lowest BCUT2D eigenvalue weighted by atomic mass is 10.1. The summed E-state index contributed by atoms with van der Waals surface area (Å²) in [4.78, 5) is 9.41. The van der Waals surface area contributed by atoms with Gasteiger partial charge in [0.15, 0.2) is 0 Å². The highest BCUT2D eigenvalue weighted by molar-refractivity contribution is 5.98. The fourth-order valence-corrected chi connectivity index (χ4v) is 3.40. The monoisotopic (exact) mass is 365 g/mol. The van der Waals surface area contributed by atoms with Gasteiger partial charge in [0.1, 0.15) is 0 Å². The van der Waals surface area contributed by atoms with E-state index in [4.69, 9.17) is 9.98 Å². The first kappa shape index (κ1) is 17.9. The van der Waals surface area contributed by atoms with Gasteiger partial charge in [-0.25, -0.2) is 0 Å². The number of benzene rings is 2. The second-order valence-electron chi connectivity index (χ2n) is 7.07. The van der Waals surface area contributed by atoms with Gasteiger partial charge >= 0.3 is 0 Å². The van der Waals surface area contributed by atoms with Gasteiger partial charge in [-0.1, -0.05) is 30.3 Å². The van der Waals surface area contributed by atoms with Crippen molar-refractivity contribution in [3.63, 3.8) is 0 Å². The average Bonchev–Trinajstić information content (AvgIpc) is 2.96. The Kier molecular flexibility index (Phi) is 4.90. The van der Waals surface area contributed by atoms with E-state index in [0.29, 0.717) is 0 Å². The van der Waals surface area contributed by atoms with Crippen LogP contribution in [-0.4, -0.2) is 16.8 Å². The van der Waals surface area contributed by atoms with Crippen LogP contribution in [0.2, 0.25) is 0 Å². The number of nitrogens with zero attached hydrogens (tertiary/aromatic N) is 3. The summed E-state index contributed by atoms with van der Waals surface area (Å²) in [6, 6.07) is 22.7. The zero-order valence-electron chi connectivity index (χ0n) is 16.4. The Balaban J connectivity index is 1.77. The summed E-state index contributed by atoms with van der Waals surface area (Å²) in [5, 5.41) is 0. The van der Waals surface area contributed by atoms with Gasteiger partial charge in [0.2, 0.25) is 0 Å². The maximum atomic E-state index is 4.71. The molecule has 3 nitrogen and oxygen atoms in total. The van der Waals surface area contributed by atoms with Crippen molar-refractivity contribution in [1.29, 1.82) is 0 Å². The number of aliphatic imine (C=N–C) groups is 2. The van der Waals surface area contributed by atoms with Crippen LogP contribution in [0.25, 0.3) is 5.52 Å². The molecule has 0 radical (unpaired) electrons. The first-order valence-corrected chi connectivity index (χ1v) is 9.43. The molecule has 0 amide bonds. The van der Waals surface area contributed by atoms with Gasteiger partial charge in [0.05, 0.1) is 28.8 Å². The van der Waals surface area contributed by atoms with Gasteiger partial charge in [-0.05, 0) is 73.9 Å². The Morgan fingerprint density at radius 2 is 1.36 bits per heavy atom. The maximum Gasteiger partial charge on any atom is 0.0675 e. The van der Waals surface area contributed by atoms with Crippen molar-refractivity contribution >= 4 is 29.3 Å². The van der Waals surface area contributed by atoms with Crippen molar-refractivity contribution in [3.8, 4) is 0 Å². The molecule has 0 fully saturated rings. The van der Waals surface area contributed by atoms with Gasteiger partial charge in [-0.3, -0.25) is 9.98 Å². The van der Waals surface area contributed by atoms with Crippen LogP contribution in [0.3, 0.4) is 0 Å². The summed E-state index contributed by atoms with van der Waals surface area (Å²) in [6.07, 6.45) is 5.98. The predicted octanol–water partition coefficient (Wildman–Crippen LogP) is 6.37. The molecule has 0 saturated heterocycles. The predicted molar refractivity (Wildman–Crippen MR) is 119 cm³/mol. The smallest absolute Gasteiger partial charge is 0.0675 e. The minimum Gasteiger partial charge on any atom is -0.315 e. The van der Waals surface area contributed by atoms with Crippen molar-refractivity contribution in [3.05, 3.63) is 101 Å². The molecular weight excluding hydrogens is 342 g/mol. The highest BCUT2D eigenvalue weighted by atomic mass is 14.9. The summed E-state index contributed by atoms with van der Waals surface area (Å²) in [7, 11) is 0. The zero-order chi connectivity index (χ0) is 19.5. The molecule has 0 N–H and O–H groups in total. The van der Waals surface area contributed by atoms with E-state index in [1.807, 2.05) is 42.8 Å². The molecule has 28 heavy (non-hydrogen) atoms. The highest BCUT2D eigenvalue weighted by Gasteiger charge is 2.11. The molecule has 2 aromatic heterocycles. The topological polar surface area (TPSA) is 29.1 Å². The summed E-state index contributed by atoms with van der Waals surface area (Å²) in [6.45, 7) is 6.29. The van der Waals surface area contributed by atoms with Gasteiger partial charge in [-0.2, -0.15) is 0 Å². The third kappa shape index (κ3) is 3.65. The normalized spacial score (nSPS) is 11.8. The summed E-state index contributed by atoms with van der Waals surface area (Å²) in [5.41, 5.74) is 8.82. The molecule has 0 saturated carbocycles. The molecule has 0 aliphatic carbocycles. The first-order valence-electron chi connectivity index (χ1n) is 9.43. The number of pyridine rings is 1. The third-order valence-electron chi connectivity index (χ3n) is 4.87. The maximum absolute atomic E-state index is 4.71. The molecule has 0 spiro atoms. The van der Waals surface area contributed by atoms with E-state index in [-0.39, 0.29) is 0 Å². The van der Waals surface area contributed by atoms with Gasteiger partial charge < -0.3 is 4.40 Å².